The van der Waals surface area contributed by atoms with Gasteiger partial charge < -0.3 is 10.2 Å². The molecule has 0 bridgehead atoms. The van der Waals surface area contributed by atoms with Crippen molar-refractivity contribution >= 4 is 17.7 Å². The highest BCUT2D eigenvalue weighted by molar-refractivity contribution is 7.99. The van der Waals surface area contributed by atoms with Crippen LogP contribution in [0.1, 0.15) is 33.1 Å². The fourth-order valence-corrected chi connectivity index (χ4v) is 1.79. The van der Waals surface area contributed by atoms with Gasteiger partial charge in [-0.3, -0.25) is 4.79 Å². The third-order valence-electron chi connectivity index (χ3n) is 2.16. The standard InChI is InChI=1S/C10H20O3S/c1-10(2,9(12)13)5-3-4-7-14-8-6-11/h11H,3-8H2,1-2H3,(H,12,13). The maximum absolute atomic E-state index is 10.7. The second-order valence-electron chi connectivity index (χ2n) is 3.98. The van der Waals surface area contributed by atoms with Gasteiger partial charge in [-0.25, -0.2) is 0 Å². The molecule has 0 aliphatic carbocycles. The van der Waals surface area contributed by atoms with E-state index in [1.807, 2.05) is 0 Å². The fraction of sp³-hybridized carbons (Fsp3) is 0.900. The number of carboxylic acids is 1. The molecule has 0 atom stereocenters. The van der Waals surface area contributed by atoms with Crippen molar-refractivity contribution in [2.24, 2.45) is 5.41 Å². The number of unbranched alkanes of at least 4 members (excludes halogenated alkanes) is 1. The SMILES string of the molecule is CC(C)(CCCCSCCO)C(=O)O. The van der Waals surface area contributed by atoms with Crippen LogP contribution >= 0.6 is 11.8 Å². The number of hydrogen-bond acceptors (Lipinski definition) is 3. The molecular formula is C10H20O3S. The Balaban J connectivity index is 3.40. The lowest BCUT2D eigenvalue weighted by molar-refractivity contribution is -0.147. The zero-order valence-electron chi connectivity index (χ0n) is 8.95. The molecular weight excluding hydrogens is 200 g/mol. The second-order valence-corrected chi connectivity index (χ2v) is 5.21. The van der Waals surface area contributed by atoms with Crippen molar-refractivity contribution in [1.29, 1.82) is 0 Å². The molecule has 0 saturated heterocycles. The maximum Gasteiger partial charge on any atom is 0.309 e. The van der Waals surface area contributed by atoms with Gasteiger partial charge >= 0.3 is 5.97 Å². The number of aliphatic hydroxyl groups excluding tert-OH is 1. The van der Waals surface area contributed by atoms with Crippen molar-refractivity contribution in [3.8, 4) is 0 Å². The lowest BCUT2D eigenvalue weighted by atomic mass is 9.88. The predicted molar refractivity (Wildman–Crippen MR) is 59.7 cm³/mol. The van der Waals surface area contributed by atoms with Gasteiger partial charge in [-0.1, -0.05) is 6.42 Å². The normalized spacial score (nSPS) is 11.6. The first kappa shape index (κ1) is 13.8. The molecule has 0 unspecified atom stereocenters. The molecule has 0 saturated carbocycles. The number of thioether (sulfide) groups is 1. The first-order chi connectivity index (χ1) is 6.50. The van der Waals surface area contributed by atoms with Gasteiger partial charge in [0, 0.05) is 5.75 Å². The van der Waals surface area contributed by atoms with Crippen LogP contribution in [0.15, 0.2) is 0 Å². The van der Waals surface area contributed by atoms with Gasteiger partial charge in [-0.15, -0.1) is 0 Å². The van der Waals surface area contributed by atoms with E-state index >= 15 is 0 Å². The molecule has 0 aliphatic rings. The van der Waals surface area contributed by atoms with Gasteiger partial charge in [-0.05, 0) is 32.4 Å². The average Bonchev–Trinajstić information content (AvgIpc) is 2.10. The van der Waals surface area contributed by atoms with Crippen molar-refractivity contribution in [2.75, 3.05) is 18.1 Å². The van der Waals surface area contributed by atoms with Gasteiger partial charge in [0.15, 0.2) is 0 Å². The Morgan fingerprint density at radius 2 is 1.93 bits per heavy atom. The lowest BCUT2D eigenvalue weighted by Gasteiger charge is -2.18. The van der Waals surface area contributed by atoms with Crippen LogP contribution in [0.4, 0.5) is 0 Å². The molecule has 4 heteroatoms. The molecule has 0 aliphatic heterocycles. The largest absolute Gasteiger partial charge is 0.481 e. The van der Waals surface area contributed by atoms with Crippen LogP contribution in [0.2, 0.25) is 0 Å². The minimum Gasteiger partial charge on any atom is -0.481 e. The van der Waals surface area contributed by atoms with Crippen LogP contribution in [0.25, 0.3) is 0 Å². The van der Waals surface area contributed by atoms with E-state index in [2.05, 4.69) is 0 Å². The van der Waals surface area contributed by atoms with Crippen molar-refractivity contribution in [3.05, 3.63) is 0 Å². The van der Waals surface area contributed by atoms with Gasteiger partial charge in [0.05, 0.1) is 12.0 Å². The van der Waals surface area contributed by atoms with Crippen LogP contribution in [0.3, 0.4) is 0 Å². The van der Waals surface area contributed by atoms with Crippen LogP contribution in [-0.2, 0) is 4.79 Å². The summed E-state index contributed by atoms with van der Waals surface area (Å²) in [5, 5.41) is 17.4. The molecule has 0 aromatic heterocycles. The van der Waals surface area contributed by atoms with E-state index in [-0.39, 0.29) is 6.61 Å². The lowest BCUT2D eigenvalue weighted by Crippen LogP contribution is -2.23. The van der Waals surface area contributed by atoms with Gasteiger partial charge in [-0.2, -0.15) is 11.8 Å². The third kappa shape index (κ3) is 6.27. The third-order valence-corrected chi connectivity index (χ3v) is 3.20. The van der Waals surface area contributed by atoms with Crippen LogP contribution in [0, 0.1) is 5.41 Å². The molecule has 0 rings (SSSR count). The zero-order valence-corrected chi connectivity index (χ0v) is 9.77. The molecule has 0 aromatic rings. The number of carbonyl (C=O) groups is 1. The molecule has 14 heavy (non-hydrogen) atoms. The average molecular weight is 220 g/mol. The molecule has 3 nitrogen and oxygen atoms in total. The number of carboxylic acid groups (broad SMARTS) is 1. The maximum atomic E-state index is 10.7. The minimum absolute atomic E-state index is 0.227. The summed E-state index contributed by atoms with van der Waals surface area (Å²) in [5.74, 6) is 1.07. The van der Waals surface area contributed by atoms with Crippen molar-refractivity contribution in [3.63, 3.8) is 0 Å². The van der Waals surface area contributed by atoms with E-state index < -0.39 is 11.4 Å². The Kier molecular flexibility index (Phi) is 7.01. The molecule has 0 amide bonds. The summed E-state index contributed by atoms with van der Waals surface area (Å²) in [6.07, 6.45) is 2.70. The Bertz CT molecular complexity index is 169. The highest BCUT2D eigenvalue weighted by Crippen LogP contribution is 2.23. The van der Waals surface area contributed by atoms with Crippen LogP contribution in [-0.4, -0.2) is 34.3 Å². The highest BCUT2D eigenvalue weighted by atomic mass is 32.2. The second kappa shape index (κ2) is 7.12. The Morgan fingerprint density at radius 3 is 2.43 bits per heavy atom. The minimum atomic E-state index is -0.722. The topological polar surface area (TPSA) is 57.5 Å². The van der Waals surface area contributed by atoms with E-state index in [4.69, 9.17) is 10.2 Å². The summed E-state index contributed by atoms with van der Waals surface area (Å²) in [4.78, 5) is 10.7. The molecule has 0 heterocycles. The van der Waals surface area contributed by atoms with Crippen molar-refractivity contribution < 1.29 is 15.0 Å². The predicted octanol–water partition coefficient (Wildman–Crippen LogP) is 1.99. The summed E-state index contributed by atoms with van der Waals surface area (Å²) >= 11 is 1.71. The van der Waals surface area contributed by atoms with E-state index in [9.17, 15) is 4.79 Å². The van der Waals surface area contributed by atoms with E-state index in [0.29, 0.717) is 0 Å². The number of aliphatic carboxylic acids is 1. The summed E-state index contributed by atoms with van der Waals surface area (Å²) < 4.78 is 0. The van der Waals surface area contributed by atoms with Gasteiger partial charge in [0.2, 0.25) is 0 Å². The highest BCUT2D eigenvalue weighted by Gasteiger charge is 2.25. The van der Waals surface area contributed by atoms with E-state index in [1.165, 1.54) is 0 Å². The van der Waals surface area contributed by atoms with E-state index in [0.717, 1.165) is 30.8 Å². The Morgan fingerprint density at radius 1 is 1.29 bits per heavy atom. The monoisotopic (exact) mass is 220 g/mol. The van der Waals surface area contributed by atoms with Gasteiger partial charge in [0.1, 0.15) is 0 Å². The molecule has 2 N–H and O–H groups in total. The summed E-state index contributed by atoms with van der Waals surface area (Å²) in [6, 6.07) is 0. The molecule has 0 spiro atoms. The summed E-state index contributed by atoms with van der Waals surface area (Å²) in [7, 11) is 0. The van der Waals surface area contributed by atoms with E-state index in [1.54, 1.807) is 25.6 Å². The van der Waals surface area contributed by atoms with Crippen molar-refractivity contribution in [1.82, 2.24) is 0 Å². The van der Waals surface area contributed by atoms with Crippen molar-refractivity contribution in [2.45, 2.75) is 33.1 Å². The number of hydrogen-bond donors (Lipinski definition) is 2. The fourth-order valence-electron chi connectivity index (χ4n) is 1.04. The molecule has 0 fully saturated rings. The molecule has 84 valence electrons. The summed E-state index contributed by atoms with van der Waals surface area (Å²) in [6.45, 7) is 3.75. The quantitative estimate of drug-likeness (QED) is 0.614. The van der Waals surface area contributed by atoms with Gasteiger partial charge in [0.25, 0.3) is 0 Å². The number of rotatable bonds is 8. The zero-order chi connectivity index (χ0) is 11.0. The number of aliphatic hydroxyl groups is 1. The van der Waals surface area contributed by atoms with Crippen LogP contribution in [0.5, 0.6) is 0 Å². The molecule has 0 radical (unpaired) electrons. The Labute approximate surface area is 89.9 Å². The van der Waals surface area contributed by atoms with Crippen LogP contribution < -0.4 is 0 Å². The summed E-state index contributed by atoms with van der Waals surface area (Å²) in [5.41, 5.74) is -0.596. The Hall–Kier alpha value is -0.220. The molecule has 0 aromatic carbocycles. The first-order valence-electron chi connectivity index (χ1n) is 4.92. The smallest absolute Gasteiger partial charge is 0.309 e. The first-order valence-corrected chi connectivity index (χ1v) is 6.08.